The average Bonchev–Trinajstić information content (AvgIpc) is 2.08. The molecular formula is C8H7ClF2INO. The fourth-order valence-corrected chi connectivity index (χ4v) is 2.22. The molecule has 0 aromatic heterocycles. The van der Waals surface area contributed by atoms with Crippen molar-refractivity contribution < 1.29 is 13.5 Å². The Morgan fingerprint density at radius 3 is 2.64 bits per heavy atom. The first-order valence-electron chi connectivity index (χ1n) is 3.67. The molecular weight excluding hydrogens is 326 g/mol. The Morgan fingerprint density at radius 1 is 1.50 bits per heavy atom. The van der Waals surface area contributed by atoms with E-state index in [1.807, 2.05) is 22.6 Å². The quantitative estimate of drug-likeness (QED) is 0.863. The van der Waals surface area contributed by atoms with E-state index >= 15 is 0 Å². The Kier molecular flexibility index (Phi) is 4.33. The molecule has 0 saturated heterocycles. The standard InChI is InChI=1S/C8H7ClF2INO/c9-5-1-4(3-13)7(6(12)2-5)14-8(10)11/h1-2,8H,3,13H2. The van der Waals surface area contributed by atoms with Gasteiger partial charge in [-0.25, -0.2) is 0 Å². The highest BCUT2D eigenvalue weighted by Crippen LogP contribution is 2.30. The summed E-state index contributed by atoms with van der Waals surface area (Å²) in [5.74, 6) is 0.104. The van der Waals surface area contributed by atoms with Crippen LogP contribution >= 0.6 is 34.2 Å². The summed E-state index contributed by atoms with van der Waals surface area (Å²) >= 11 is 7.60. The van der Waals surface area contributed by atoms with Gasteiger partial charge in [0.15, 0.2) is 0 Å². The van der Waals surface area contributed by atoms with Crippen LogP contribution in [0.4, 0.5) is 8.78 Å². The molecule has 14 heavy (non-hydrogen) atoms. The van der Waals surface area contributed by atoms with E-state index in [1.165, 1.54) is 6.07 Å². The Balaban J connectivity index is 3.11. The second-order valence-electron chi connectivity index (χ2n) is 2.46. The van der Waals surface area contributed by atoms with Crippen molar-refractivity contribution in [1.82, 2.24) is 0 Å². The molecule has 0 heterocycles. The van der Waals surface area contributed by atoms with Crippen LogP contribution in [0.1, 0.15) is 5.56 Å². The Hall–Kier alpha value is -0.140. The zero-order valence-electron chi connectivity index (χ0n) is 6.94. The molecule has 0 aliphatic carbocycles. The average molecular weight is 334 g/mol. The number of ether oxygens (including phenoxy) is 1. The highest BCUT2D eigenvalue weighted by molar-refractivity contribution is 14.1. The minimum atomic E-state index is -2.85. The highest BCUT2D eigenvalue weighted by Gasteiger charge is 2.13. The van der Waals surface area contributed by atoms with Crippen molar-refractivity contribution in [3.05, 3.63) is 26.3 Å². The van der Waals surface area contributed by atoms with Crippen molar-refractivity contribution >= 4 is 34.2 Å². The molecule has 0 amide bonds. The van der Waals surface area contributed by atoms with Gasteiger partial charge in [-0.2, -0.15) is 8.78 Å². The van der Waals surface area contributed by atoms with Crippen LogP contribution in [-0.2, 0) is 6.54 Å². The first-order valence-corrected chi connectivity index (χ1v) is 5.13. The normalized spacial score (nSPS) is 10.7. The van der Waals surface area contributed by atoms with E-state index in [9.17, 15) is 8.78 Å². The molecule has 2 N–H and O–H groups in total. The zero-order valence-corrected chi connectivity index (χ0v) is 9.85. The summed E-state index contributed by atoms with van der Waals surface area (Å²) in [6.07, 6.45) is 0. The summed E-state index contributed by atoms with van der Waals surface area (Å²) in [4.78, 5) is 0. The highest BCUT2D eigenvalue weighted by atomic mass is 127. The molecule has 2 nitrogen and oxygen atoms in total. The monoisotopic (exact) mass is 333 g/mol. The van der Waals surface area contributed by atoms with E-state index in [-0.39, 0.29) is 12.3 Å². The van der Waals surface area contributed by atoms with Gasteiger partial charge < -0.3 is 10.5 Å². The van der Waals surface area contributed by atoms with Crippen LogP contribution < -0.4 is 10.5 Å². The lowest BCUT2D eigenvalue weighted by molar-refractivity contribution is -0.0510. The number of rotatable bonds is 3. The van der Waals surface area contributed by atoms with Gasteiger partial charge in [-0.05, 0) is 34.7 Å². The topological polar surface area (TPSA) is 35.2 Å². The summed E-state index contributed by atoms with van der Waals surface area (Å²) in [5.41, 5.74) is 5.85. The maximum absolute atomic E-state index is 12.0. The number of nitrogens with two attached hydrogens (primary N) is 1. The van der Waals surface area contributed by atoms with Crippen molar-refractivity contribution in [3.63, 3.8) is 0 Å². The van der Waals surface area contributed by atoms with Crippen molar-refractivity contribution in [3.8, 4) is 5.75 Å². The molecule has 0 unspecified atom stereocenters. The molecule has 0 bridgehead atoms. The van der Waals surface area contributed by atoms with Gasteiger partial charge in [0.1, 0.15) is 5.75 Å². The van der Waals surface area contributed by atoms with Crippen LogP contribution in [0.15, 0.2) is 12.1 Å². The van der Waals surface area contributed by atoms with E-state index in [2.05, 4.69) is 4.74 Å². The van der Waals surface area contributed by atoms with Gasteiger partial charge in [0.25, 0.3) is 0 Å². The second-order valence-corrected chi connectivity index (χ2v) is 4.06. The number of halogens is 4. The predicted octanol–water partition coefficient (Wildman–Crippen LogP) is 3.00. The van der Waals surface area contributed by atoms with Gasteiger partial charge in [-0.15, -0.1) is 0 Å². The van der Waals surface area contributed by atoms with Crippen LogP contribution in [0, 0.1) is 3.57 Å². The first kappa shape index (κ1) is 11.9. The third-order valence-electron chi connectivity index (χ3n) is 1.51. The molecule has 1 aromatic rings. The van der Waals surface area contributed by atoms with E-state index in [1.54, 1.807) is 6.07 Å². The third kappa shape index (κ3) is 2.93. The zero-order chi connectivity index (χ0) is 10.7. The number of alkyl halides is 2. The molecule has 0 aliphatic heterocycles. The Bertz CT molecular complexity index is 335. The van der Waals surface area contributed by atoms with Crippen molar-refractivity contribution in [2.45, 2.75) is 13.2 Å². The maximum atomic E-state index is 12.0. The van der Waals surface area contributed by atoms with Gasteiger partial charge in [-0.3, -0.25) is 0 Å². The van der Waals surface area contributed by atoms with Gasteiger partial charge >= 0.3 is 6.61 Å². The van der Waals surface area contributed by atoms with Crippen LogP contribution in [0.5, 0.6) is 5.75 Å². The van der Waals surface area contributed by atoms with E-state index in [0.717, 1.165) is 0 Å². The number of hydrogen-bond acceptors (Lipinski definition) is 2. The molecule has 0 radical (unpaired) electrons. The molecule has 0 atom stereocenters. The molecule has 0 fully saturated rings. The van der Waals surface area contributed by atoms with E-state index in [4.69, 9.17) is 17.3 Å². The number of hydrogen-bond donors (Lipinski definition) is 1. The van der Waals surface area contributed by atoms with E-state index < -0.39 is 6.61 Å². The molecule has 6 heteroatoms. The predicted molar refractivity (Wildman–Crippen MR) is 58.7 cm³/mol. The van der Waals surface area contributed by atoms with Crippen molar-refractivity contribution in [1.29, 1.82) is 0 Å². The Morgan fingerprint density at radius 2 is 2.14 bits per heavy atom. The summed E-state index contributed by atoms with van der Waals surface area (Å²) in [6, 6.07) is 3.06. The lowest BCUT2D eigenvalue weighted by Gasteiger charge is -2.11. The lowest BCUT2D eigenvalue weighted by atomic mass is 10.2. The minimum absolute atomic E-state index is 0.104. The van der Waals surface area contributed by atoms with Gasteiger partial charge in [0, 0.05) is 17.1 Å². The van der Waals surface area contributed by atoms with Gasteiger partial charge in [-0.1, -0.05) is 11.6 Å². The SMILES string of the molecule is NCc1cc(Cl)cc(I)c1OC(F)F. The van der Waals surface area contributed by atoms with Gasteiger partial charge in [0.05, 0.1) is 3.57 Å². The molecule has 1 aromatic carbocycles. The summed E-state index contributed by atoms with van der Waals surface area (Å²) in [7, 11) is 0. The minimum Gasteiger partial charge on any atom is -0.433 e. The van der Waals surface area contributed by atoms with E-state index in [0.29, 0.717) is 14.2 Å². The largest absolute Gasteiger partial charge is 0.433 e. The van der Waals surface area contributed by atoms with Crippen LogP contribution in [-0.4, -0.2) is 6.61 Å². The second kappa shape index (κ2) is 5.09. The third-order valence-corrected chi connectivity index (χ3v) is 2.53. The van der Waals surface area contributed by atoms with Crippen LogP contribution in [0.25, 0.3) is 0 Å². The first-order chi connectivity index (χ1) is 6.54. The van der Waals surface area contributed by atoms with Crippen LogP contribution in [0.2, 0.25) is 5.02 Å². The lowest BCUT2D eigenvalue weighted by Crippen LogP contribution is -2.08. The molecule has 0 spiro atoms. The smallest absolute Gasteiger partial charge is 0.387 e. The molecule has 0 saturated carbocycles. The Labute approximate surface area is 98.5 Å². The molecule has 1 rings (SSSR count). The molecule has 78 valence electrons. The van der Waals surface area contributed by atoms with Gasteiger partial charge in [0.2, 0.25) is 0 Å². The summed E-state index contributed by atoms with van der Waals surface area (Å²) < 4.78 is 28.9. The molecule has 0 aliphatic rings. The summed E-state index contributed by atoms with van der Waals surface area (Å²) in [6.45, 7) is -2.74. The van der Waals surface area contributed by atoms with Crippen molar-refractivity contribution in [2.24, 2.45) is 5.73 Å². The summed E-state index contributed by atoms with van der Waals surface area (Å²) in [5, 5.41) is 0.455. The number of benzene rings is 1. The fourth-order valence-electron chi connectivity index (χ4n) is 0.986. The maximum Gasteiger partial charge on any atom is 0.387 e. The van der Waals surface area contributed by atoms with Crippen LogP contribution in [0.3, 0.4) is 0 Å². The fraction of sp³-hybridized carbons (Fsp3) is 0.250. The van der Waals surface area contributed by atoms with Crippen molar-refractivity contribution in [2.75, 3.05) is 0 Å².